The Morgan fingerprint density at radius 2 is 1.87 bits per heavy atom. The van der Waals surface area contributed by atoms with Crippen LogP contribution < -0.4 is 0 Å². The molecule has 0 aliphatic carbocycles. The van der Waals surface area contributed by atoms with Crippen molar-refractivity contribution in [2.75, 3.05) is 13.7 Å². The normalized spacial score (nSPS) is 11.2. The molecule has 0 bridgehead atoms. The summed E-state index contributed by atoms with van der Waals surface area (Å²) in [5.74, 6) is -0.368. The van der Waals surface area contributed by atoms with Gasteiger partial charge in [0.05, 0.1) is 36.2 Å². The number of benzene rings is 3. The largest absolute Gasteiger partial charge is 0.465 e. The fraction of sp³-hybridized carbons (Fsp3) is 0.160. The van der Waals surface area contributed by atoms with Gasteiger partial charge in [-0.25, -0.2) is 9.78 Å². The Balaban J connectivity index is 1.62. The summed E-state index contributed by atoms with van der Waals surface area (Å²) >= 11 is 0. The van der Waals surface area contributed by atoms with Crippen molar-refractivity contribution in [1.82, 2.24) is 9.55 Å². The minimum Gasteiger partial charge on any atom is -0.465 e. The maximum Gasteiger partial charge on any atom is 0.340 e. The molecule has 0 saturated heterocycles. The zero-order chi connectivity index (χ0) is 21.6. The fourth-order valence-electron chi connectivity index (χ4n) is 3.55. The van der Waals surface area contributed by atoms with Crippen LogP contribution in [0.5, 0.6) is 0 Å². The summed E-state index contributed by atoms with van der Waals surface area (Å²) in [7, 11) is 1.39. The quantitative estimate of drug-likeness (QED) is 0.245. The maximum absolute atomic E-state index is 12.2. The van der Waals surface area contributed by atoms with Crippen molar-refractivity contribution < 1.29 is 14.4 Å². The first-order chi connectivity index (χ1) is 15.2. The number of fused-ring (bicyclic) bond motifs is 1. The Morgan fingerprint density at radius 1 is 1.06 bits per heavy atom. The van der Waals surface area contributed by atoms with Crippen molar-refractivity contribution in [1.29, 1.82) is 0 Å². The number of carbonyl (C=O) groups excluding carboxylic acids is 1. The standard InChI is InChI=1S/C25H23N3O3/c1-3-31-27-15-20-7-4-5-8-21(20)19-13-11-18(12-14-19)16-28-17-26-23-10-6-9-22(24(23)28)25(29)30-2/h4-15,17H,3,16H2,1-2H3/b27-15+. The molecule has 4 aromatic rings. The van der Waals surface area contributed by atoms with Crippen LogP contribution in [0.25, 0.3) is 22.2 Å². The summed E-state index contributed by atoms with van der Waals surface area (Å²) in [4.78, 5) is 21.7. The molecule has 0 saturated carbocycles. The summed E-state index contributed by atoms with van der Waals surface area (Å²) in [6.45, 7) is 3.03. The molecule has 31 heavy (non-hydrogen) atoms. The Hall–Kier alpha value is -3.93. The van der Waals surface area contributed by atoms with Crippen molar-refractivity contribution in [3.05, 3.63) is 89.7 Å². The monoisotopic (exact) mass is 413 g/mol. The molecule has 0 aliphatic heterocycles. The number of oxime groups is 1. The fourth-order valence-corrected chi connectivity index (χ4v) is 3.55. The van der Waals surface area contributed by atoms with Gasteiger partial charge in [0, 0.05) is 12.1 Å². The van der Waals surface area contributed by atoms with Crippen LogP contribution in [0.3, 0.4) is 0 Å². The van der Waals surface area contributed by atoms with Crippen molar-refractivity contribution in [3.8, 4) is 11.1 Å². The smallest absolute Gasteiger partial charge is 0.340 e. The molecule has 0 aliphatic rings. The molecule has 0 atom stereocenters. The predicted octanol–water partition coefficient (Wildman–Crippen LogP) is 4.91. The number of imidazole rings is 1. The van der Waals surface area contributed by atoms with E-state index in [1.807, 2.05) is 41.8 Å². The zero-order valence-electron chi connectivity index (χ0n) is 17.5. The van der Waals surface area contributed by atoms with E-state index in [4.69, 9.17) is 9.57 Å². The molecule has 0 N–H and O–H groups in total. The average Bonchev–Trinajstić information content (AvgIpc) is 3.22. The van der Waals surface area contributed by atoms with Gasteiger partial charge in [-0.3, -0.25) is 0 Å². The molecule has 0 spiro atoms. The topological polar surface area (TPSA) is 65.7 Å². The molecule has 3 aromatic carbocycles. The van der Waals surface area contributed by atoms with E-state index in [9.17, 15) is 4.79 Å². The van der Waals surface area contributed by atoms with E-state index in [1.165, 1.54) is 7.11 Å². The van der Waals surface area contributed by atoms with Gasteiger partial charge in [0.1, 0.15) is 6.61 Å². The highest BCUT2D eigenvalue weighted by atomic mass is 16.6. The number of hydrogen-bond donors (Lipinski definition) is 0. The van der Waals surface area contributed by atoms with E-state index in [1.54, 1.807) is 18.6 Å². The van der Waals surface area contributed by atoms with Gasteiger partial charge in [-0.1, -0.05) is 59.8 Å². The second kappa shape index (κ2) is 9.26. The first kappa shape index (κ1) is 20.3. The van der Waals surface area contributed by atoms with Crippen LogP contribution in [0, 0.1) is 0 Å². The molecule has 6 nitrogen and oxygen atoms in total. The molecular formula is C25H23N3O3. The second-order valence-electron chi connectivity index (χ2n) is 6.97. The van der Waals surface area contributed by atoms with Gasteiger partial charge < -0.3 is 14.1 Å². The number of carbonyl (C=O) groups is 1. The lowest BCUT2D eigenvalue weighted by Crippen LogP contribution is -2.06. The van der Waals surface area contributed by atoms with Crippen LogP contribution in [0.4, 0.5) is 0 Å². The number of para-hydroxylation sites is 1. The van der Waals surface area contributed by atoms with Crippen LogP contribution in [-0.4, -0.2) is 35.5 Å². The first-order valence-corrected chi connectivity index (χ1v) is 10.1. The highest BCUT2D eigenvalue weighted by Gasteiger charge is 2.15. The van der Waals surface area contributed by atoms with Crippen LogP contribution >= 0.6 is 0 Å². The molecule has 1 heterocycles. The van der Waals surface area contributed by atoms with E-state index in [0.29, 0.717) is 18.7 Å². The lowest BCUT2D eigenvalue weighted by atomic mass is 9.99. The minimum atomic E-state index is -0.368. The van der Waals surface area contributed by atoms with Crippen molar-refractivity contribution in [2.24, 2.45) is 5.16 Å². The second-order valence-corrected chi connectivity index (χ2v) is 6.97. The van der Waals surface area contributed by atoms with Crippen molar-refractivity contribution in [2.45, 2.75) is 13.5 Å². The number of aromatic nitrogens is 2. The molecule has 6 heteroatoms. The third kappa shape index (κ3) is 4.33. The SMILES string of the molecule is CCO/N=C/c1ccccc1-c1ccc(Cn2cnc3cccc(C(=O)OC)c32)cc1. The van der Waals surface area contributed by atoms with E-state index >= 15 is 0 Å². The van der Waals surface area contributed by atoms with Crippen LogP contribution in [-0.2, 0) is 16.1 Å². The summed E-state index contributed by atoms with van der Waals surface area (Å²) in [6, 6.07) is 21.9. The number of methoxy groups -OCH3 is 1. The van der Waals surface area contributed by atoms with E-state index < -0.39 is 0 Å². The molecule has 0 amide bonds. The third-order valence-corrected chi connectivity index (χ3v) is 5.02. The number of esters is 1. The highest BCUT2D eigenvalue weighted by molar-refractivity contribution is 6.02. The van der Waals surface area contributed by atoms with Gasteiger partial charge >= 0.3 is 5.97 Å². The van der Waals surface area contributed by atoms with Crippen LogP contribution in [0.1, 0.15) is 28.4 Å². The summed E-state index contributed by atoms with van der Waals surface area (Å²) in [5, 5.41) is 4.00. The molecular weight excluding hydrogens is 390 g/mol. The number of hydrogen-bond acceptors (Lipinski definition) is 5. The molecule has 4 rings (SSSR count). The lowest BCUT2D eigenvalue weighted by Gasteiger charge is -2.10. The van der Waals surface area contributed by atoms with Gasteiger partial charge in [-0.15, -0.1) is 0 Å². The summed E-state index contributed by atoms with van der Waals surface area (Å²) < 4.78 is 6.90. The van der Waals surface area contributed by atoms with E-state index in [-0.39, 0.29) is 5.97 Å². The summed E-state index contributed by atoms with van der Waals surface area (Å²) in [6.07, 6.45) is 3.49. The molecule has 1 aromatic heterocycles. The summed E-state index contributed by atoms with van der Waals surface area (Å²) in [5.41, 5.74) is 6.32. The van der Waals surface area contributed by atoms with Gasteiger partial charge in [-0.2, -0.15) is 0 Å². The first-order valence-electron chi connectivity index (χ1n) is 10.1. The molecule has 0 unspecified atom stereocenters. The van der Waals surface area contributed by atoms with Crippen LogP contribution in [0.2, 0.25) is 0 Å². The Morgan fingerprint density at radius 3 is 2.65 bits per heavy atom. The average molecular weight is 413 g/mol. The number of rotatable bonds is 7. The predicted molar refractivity (Wildman–Crippen MR) is 121 cm³/mol. The minimum absolute atomic E-state index is 0.368. The Bertz CT molecular complexity index is 1230. The van der Waals surface area contributed by atoms with Crippen molar-refractivity contribution in [3.63, 3.8) is 0 Å². The molecule has 156 valence electrons. The third-order valence-electron chi connectivity index (χ3n) is 5.02. The van der Waals surface area contributed by atoms with E-state index in [2.05, 4.69) is 40.5 Å². The Labute approximate surface area is 180 Å². The van der Waals surface area contributed by atoms with E-state index in [0.717, 1.165) is 33.3 Å². The van der Waals surface area contributed by atoms with Gasteiger partial charge in [0.2, 0.25) is 0 Å². The van der Waals surface area contributed by atoms with Crippen LogP contribution in [0.15, 0.2) is 78.2 Å². The number of ether oxygens (including phenoxy) is 1. The maximum atomic E-state index is 12.2. The lowest BCUT2D eigenvalue weighted by molar-refractivity contribution is 0.0602. The zero-order valence-corrected chi connectivity index (χ0v) is 17.5. The molecule has 0 fully saturated rings. The molecule has 0 radical (unpaired) electrons. The highest BCUT2D eigenvalue weighted by Crippen LogP contribution is 2.25. The van der Waals surface area contributed by atoms with Gasteiger partial charge in [0.25, 0.3) is 0 Å². The Kier molecular flexibility index (Phi) is 6.08. The van der Waals surface area contributed by atoms with Gasteiger partial charge in [0.15, 0.2) is 0 Å². The van der Waals surface area contributed by atoms with Gasteiger partial charge in [-0.05, 0) is 35.7 Å². The van der Waals surface area contributed by atoms with Crippen molar-refractivity contribution >= 4 is 23.2 Å². The number of nitrogens with zero attached hydrogens (tertiary/aromatic N) is 3.